The summed E-state index contributed by atoms with van der Waals surface area (Å²) in [5, 5.41) is 3.69. The molecule has 0 aromatic heterocycles. The van der Waals surface area contributed by atoms with Gasteiger partial charge in [0, 0.05) is 23.4 Å². The van der Waals surface area contributed by atoms with Crippen LogP contribution in [0.1, 0.15) is 41.8 Å². The SMILES string of the molecule is COC(=O)c1ccc(CCC(=O)NCC(C)(C)c2cccc(Cl)c2)cc1. The van der Waals surface area contributed by atoms with Crippen LogP contribution in [0.15, 0.2) is 48.5 Å². The van der Waals surface area contributed by atoms with Gasteiger partial charge in [-0.25, -0.2) is 4.79 Å². The Morgan fingerprint density at radius 3 is 2.42 bits per heavy atom. The Labute approximate surface area is 159 Å². The van der Waals surface area contributed by atoms with Gasteiger partial charge in [0.15, 0.2) is 0 Å². The molecule has 0 aliphatic heterocycles. The maximum atomic E-state index is 12.2. The highest BCUT2D eigenvalue weighted by atomic mass is 35.5. The van der Waals surface area contributed by atoms with E-state index in [-0.39, 0.29) is 17.3 Å². The fraction of sp³-hybridized carbons (Fsp3) is 0.333. The Kier molecular flexibility index (Phi) is 6.81. The van der Waals surface area contributed by atoms with E-state index < -0.39 is 0 Å². The minimum Gasteiger partial charge on any atom is -0.465 e. The van der Waals surface area contributed by atoms with Crippen LogP contribution < -0.4 is 5.32 Å². The van der Waals surface area contributed by atoms with Crippen molar-refractivity contribution in [3.05, 3.63) is 70.2 Å². The molecule has 0 saturated carbocycles. The Bertz CT molecular complexity index is 769. The van der Waals surface area contributed by atoms with Gasteiger partial charge < -0.3 is 10.1 Å². The summed E-state index contributed by atoms with van der Waals surface area (Å²) in [6.07, 6.45) is 1.01. The maximum Gasteiger partial charge on any atom is 0.337 e. The van der Waals surface area contributed by atoms with Crippen molar-refractivity contribution >= 4 is 23.5 Å². The van der Waals surface area contributed by atoms with Gasteiger partial charge >= 0.3 is 5.97 Å². The molecule has 0 heterocycles. The average molecular weight is 374 g/mol. The highest BCUT2D eigenvalue weighted by molar-refractivity contribution is 6.30. The van der Waals surface area contributed by atoms with Crippen LogP contribution in [0.4, 0.5) is 0 Å². The Morgan fingerprint density at radius 1 is 1.12 bits per heavy atom. The van der Waals surface area contributed by atoms with Crippen LogP contribution in [0.3, 0.4) is 0 Å². The van der Waals surface area contributed by atoms with Crippen LogP contribution in [-0.2, 0) is 21.4 Å². The van der Waals surface area contributed by atoms with Gasteiger partial charge in [0.1, 0.15) is 0 Å². The van der Waals surface area contributed by atoms with Crippen LogP contribution >= 0.6 is 11.6 Å². The first-order valence-corrected chi connectivity index (χ1v) is 8.89. The van der Waals surface area contributed by atoms with E-state index >= 15 is 0 Å². The van der Waals surface area contributed by atoms with Crippen LogP contribution in [0.2, 0.25) is 5.02 Å². The molecule has 0 bridgehead atoms. The second-order valence-corrected chi connectivity index (χ2v) is 7.30. The molecular weight excluding hydrogens is 350 g/mol. The quantitative estimate of drug-likeness (QED) is 0.741. The standard InChI is InChI=1S/C21H24ClNO3/c1-21(2,17-5-4-6-18(22)13-17)14-23-19(24)12-9-15-7-10-16(11-8-15)20(25)26-3/h4-8,10-11,13H,9,12,14H2,1-3H3,(H,23,24). The molecule has 0 saturated heterocycles. The van der Waals surface area contributed by atoms with Crippen molar-refractivity contribution in [2.45, 2.75) is 32.1 Å². The molecule has 2 aromatic rings. The molecule has 1 amide bonds. The molecule has 0 fully saturated rings. The zero-order chi connectivity index (χ0) is 19.2. The first-order valence-electron chi connectivity index (χ1n) is 8.52. The highest BCUT2D eigenvalue weighted by Crippen LogP contribution is 2.24. The summed E-state index contributed by atoms with van der Waals surface area (Å²) >= 11 is 6.05. The minimum atomic E-state index is -0.363. The molecule has 0 spiro atoms. The average Bonchev–Trinajstić information content (AvgIpc) is 2.64. The number of nitrogens with one attached hydrogen (secondary N) is 1. The molecule has 0 atom stereocenters. The number of benzene rings is 2. The molecule has 4 nitrogen and oxygen atoms in total. The number of carbonyl (C=O) groups is 2. The molecule has 0 aliphatic rings. The number of amides is 1. The lowest BCUT2D eigenvalue weighted by Crippen LogP contribution is -2.36. The first kappa shape index (κ1) is 20.0. The molecule has 0 unspecified atom stereocenters. The van der Waals surface area contributed by atoms with Crippen molar-refractivity contribution < 1.29 is 14.3 Å². The van der Waals surface area contributed by atoms with Crippen molar-refractivity contribution in [1.82, 2.24) is 5.32 Å². The fourth-order valence-electron chi connectivity index (χ4n) is 2.60. The summed E-state index contributed by atoms with van der Waals surface area (Å²) in [6.45, 7) is 4.68. The third-order valence-electron chi connectivity index (χ3n) is 4.35. The van der Waals surface area contributed by atoms with Gasteiger partial charge in [-0.15, -0.1) is 0 Å². The van der Waals surface area contributed by atoms with E-state index in [1.54, 1.807) is 12.1 Å². The molecule has 2 rings (SSSR count). The summed E-state index contributed by atoms with van der Waals surface area (Å²) < 4.78 is 4.67. The highest BCUT2D eigenvalue weighted by Gasteiger charge is 2.21. The van der Waals surface area contributed by atoms with E-state index in [1.165, 1.54) is 7.11 Å². The Morgan fingerprint density at radius 2 is 1.81 bits per heavy atom. The summed E-state index contributed by atoms with van der Waals surface area (Å²) in [5.74, 6) is -0.366. The van der Waals surface area contributed by atoms with Gasteiger partial charge in [0.25, 0.3) is 0 Å². The van der Waals surface area contributed by atoms with E-state index in [9.17, 15) is 9.59 Å². The van der Waals surface area contributed by atoms with Gasteiger partial charge in [0.05, 0.1) is 12.7 Å². The maximum absolute atomic E-state index is 12.2. The van der Waals surface area contributed by atoms with Gasteiger partial charge in [0.2, 0.25) is 5.91 Å². The molecule has 0 aliphatic carbocycles. The van der Waals surface area contributed by atoms with Crippen LogP contribution in [0, 0.1) is 0 Å². The number of aryl methyl sites for hydroxylation is 1. The molecular formula is C21H24ClNO3. The molecule has 0 radical (unpaired) electrons. The second-order valence-electron chi connectivity index (χ2n) is 6.86. The number of rotatable bonds is 7. The fourth-order valence-corrected chi connectivity index (χ4v) is 2.79. The largest absolute Gasteiger partial charge is 0.465 e. The van der Waals surface area contributed by atoms with Crippen LogP contribution in [0.25, 0.3) is 0 Å². The van der Waals surface area contributed by atoms with Crippen LogP contribution in [-0.4, -0.2) is 25.5 Å². The normalized spacial score (nSPS) is 11.1. The van der Waals surface area contributed by atoms with Gasteiger partial charge in [-0.3, -0.25) is 4.79 Å². The number of esters is 1. The van der Waals surface area contributed by atoms with Crippen molar-refractivity contribution in [2.75, 3.05) is 13.7 Å². The van der Waals surface area contributed by atoms with Crippen molar-refractivity contribution in [1.29, 1.82) is 0 Å². The number of methoxy groups -OCH3 is 1. The van der Waals surface area contributed by atoms with E-state index in [0.29, 0.717) is 30.0 Å². The lowest BCUT2D eigenvalue weighted by Gasteiger charge is -2.26. The molecule has 1 N–H and O–H groups in total. The predicted octanol–water partition coefficient (Wildman–Crippen LogP) is 4.15. The van der Waals surface area contributed by atoms with Crippen molar-refractivity contribution in [3.63, 3.8) is 0 Å². The summed E-state index contributed by atoms with van der Waals surface area (Å²) in [6, 6.07) is 14.8. The second kappa shape index (κ2) is 8.86. The zero-order valence-corrected chi connectivity index (χ0v) is 16.1. The topological polar surface area (TPSA) is 55.4 Å². The van der Waals surface area contributed by atoms with Crippen LogP contribution in [0.5, 0.6) is 0 Å². The monoisotopic (exact) mass is 373 g/mol. The molecule has 5 heteroatoms. The summed E-state index contributed by atoms with van der Waals surface area (Å²) in [5.41, 5.74) is 2.39. The number of ether oxygens (including phenoxy) is 1. The van der Waals surface area contributed by atoms with Gasteiger partial charge in [-0.1, -0.05) is 49.7 Å². The van der Waals surface area contributed by atoms with E-state index in [2.05, 4.69) is 23.9 Å². The predicted molar refractivity (Wildman–Crippen MR) is 104 cm³/mol. The third-order valence-corrected chi connectivity index (χ3v) is 4.58. The first-order chi connectivity index (χ1) is 12.3. The van der Waals surface area contributed by atoms with Crippen molar-refractivity contribution in [2.24, 2.45) is 0 Å². The van der Waals surface area contributed by atoms with E-state index in [4.69, 9.17) is 11.6 Å². The number of hydrogen-bond donors (Lipinski definition) is 1. The number of carbonyl (C=O) groups excluding carboxylic acids is 2. The zero-order valence-electron chi connectivity index (χ0n) is 15.3. The number of hydrogen-bond acceptors (Lipinski definition) is 3. The summed E-state index contributed by atoms with van der Waals surface area (Å²) in [7, 11) is 1.35. The lowest BCUT2D eigenvalue weighted by molar-refractivity contribution is -0.121. The minimum absolute atomic E-state index is 0.00264. The molecule has 138 valence electrons. The lowest BCUT2D eigenvalue weighted by atomic mass is 9.84. The Balaban J connectivity index is 1.84. The van der Waals surface area contributed by atoms with E-state index in [0.717, 1.165) is 11.1 Å². The number of halogens is 1. The van der Waals surface area contributed by atoms with Gasteiger partial charge in [-0.05, 0) is 41.8 Å². The van der Waals surface area contributed by atoms with Crippen molar-refractivity contribution in [3.8, 4) is 0 Å². The smallest absolute Gasteiger partial charge is 0.337 e. The third kappa shape index (κ3) is 5.60. The van der Waals surface area contributed by atoms with E-state index in [1.807, 2.05) is 36.4 Å². The van der Waals surface area contributed by atoms with Gasteiger partial charge in [-0.2, -0.15) is 0 Å². The molecule has 26 heavy (non-hydrogen) atoms. The summed E-state index contributed by atoms with van der Waals surface area (Å²) in [4.78, 5) is 23.6. The Hall–Kier alpha value is -2.33. The molecule has 2 aromatic carbocycles.